The number of aromatic nitrogens is 1. The van der Waals surface area contributed by atoms with Gasteiger partial charge in [-0.2, -0.15) is 0 Å². The summed E-state index contributed by atoms with van der Waals surface area (Å²) in [4.78, 5) is 19.5. The molecular formula is C23H27N3O3S2. The molecule has 2 aromatic carbocycles. The fraction of sp³-hybridized carbons (Fsp3) is 0.304. The third-order valence-corrected chi connectivity index (χ3v) is 7.17. The SMILES string of the molecule is CC(C)N(C(=O)Cc1cnc(NS(=O)(=O)c2ccc(-c3ccccc3)cc2)s1)C(C)C. The Hall–Kier alpha value is -2.71. The second kappa shape index (κ2) is 9.62. The summed E-state index contributed by atoms with van der Waals surface area (Å²) >= 11 is 1.17. The van der Waals surface area contributed by atoms with Gasteiger partial charge in [-0.15, -0.1) is 11.3 Å². The third kappa shape index (κ3) is 5.71. The van der Waals surface area contributed by atoms with Gasteiger partial charge in [0.05, 0.1) is 11.3 Å². The monoisotopic (exact) mass is 457 g/mol. The number of nitrogens with zero attached hydrogens (tertiary/aromatic N) is 2. The average Bonchev–Trinajstić information content (AvgIpc) is 3.14. The highest BCUT2D eigenvalue weighted by Gasteiger charge is 2.22. The number of hydrogen-bond acceptors (Lipinski definition) is 5. The molecule has 164 valence electrons. The lowest BCUT2D eigenvalue weighted by Gasteiger charge is -2.30. The summed E-state index contributed by atoms with van der Waals surface area (Å²) in [7, 11) is -3.77. The van der Waals surface area contributed by atoms with E-state index in [9.17, 15) is 13.2 Å². The second-order valence-electron chi connectivity index (χ2n) is 7.79. The summed E-state index contributed by atoms with van der Waals surface area (Å²) < 4.78 is 28.0. The zero-order valence-corrected chi connectivity index (χ0v) is 19.7. The van der Waals surface area contributed by atoms with Gasteiger partial charge in [0.15, 0.2) is 5.13 Å². The molecule has 0 bridgehead atoms. The normalized spacial score (nSPS) is 11.7. The van der Waals surface area contributed by atoms with Crippen molar-refractivity contribution in [2.45, 2.75) is 51.1 Å². The number of amides is 1. The van der Waals surface area contributed by atoms with E-state index in [-0.39, 0.29) is 34.4 Å². The molecule has 31 heavy (non-hydrogen) atoms. The number of sulfonamides is 1. The summed E-state index contributed by atoms with van der Waals surface area (Å²) in [5.74, 6) is -0.000409. The van der Waals surface area contributed by atoms with Crippen molar-refractivity contribution in [1.29, 1.82) is 0 Å². The molecule has 0 atom stereocenters. The highest BCUT2D eigenvalue weighted by molar-refractivity contribution is 7.93. The Morgan fingerprint density at radius 2 is 1.55 bits per heavy atom. The molecule has 1 heterocycles. The minimum absolute atomic E-state index is 0.000409. The fourth-order valence-corrected chi connectivity index (χ4v) is 5.53. The van der Waals surface area contributed by atoms with Gasteiger partial charge in [0, 0.05) is 23.2 Å². The Kier molecular flexibility index (Phi) is 7.12. The number of anilines is 1. The molecule has 6 nitrogen and oxygen atoms in total. The minimum Gasteiger partial charge on any atom is -0.338 e. The van der Waals surface area contributed by atoms with E-state index in [0.717, 1.165) is 11.1 Å². The molecule has 0 fully saturated rings. The Labute approximate surface area is 188 Å². The number of hydrogen-bond donors (Lipinski definition) is 1. The van der Waals surface area contributed by atoms with E-state index in [1.54, 1.807) is 30.5 Å². The molecule has 0 saturated heterocycles. The average molecular weight is 458 g/mol. The molecule has 8 heteroatoms. The quantitative estimate of drug-likeness (QED) is 0.527. The van der Waals surface area contributed by atoms with Crippen LogP contribution in [-0.2, 0) is 21.2 Å². The van der Waals surface area contributed by atoms with Gasteiger partial charge in [-0.25, -0.2) is 13.4 Å². The molecule has 1 N–H and O–H groups in total. The van der Waals surface area contributed by atoms with E-state index in [1.807, 2.05) is 62.9 Å². The lowest BCUT2D eigenvalue weighted by molar-refractivity contribution is -0.133. The van der Waals surface area contributed by atoms with Crippen molar-refractivity contribution < 1.29 is 13.2 Å². The van der Waals surface area contributed by atoms with Gasteiger partial charge in [0.25, 0.3) is 10.0 Å². The van der Waals surface area contributed by atoms with E-state index in [2.05, 4.69) is 9.71 Å². The van der Waals surface area contributed by atoms with Gasteiger partial charge in [0.1, 0.15) is 0 Å². The lowest BCUT2D eigenvalue weighted by atomic mass is 10.1. The van der Waals surface area contributed by atoms with Crippen LogP contribution in [0, 0.1) is 0 Å². The lowest BCUT2D eigenvalue weighted by Crippen LogP contribution is -2.42. The molecule has 0 aliphatic rings. The van der Waals surface area contributed by atoms with Crippen LogP contribution in [0.3, 0.4) is 0 Å². The van der Waals surface area contributed by atoms with Gasteiger partial charge in [0.2, 0.25) is 5.91 Å². The first-order valence-electron chi connectivity index (χ1n) is 10.1. The van der Waals surface area contributed by atoms with Gasteiger partial charge in [-0.1, -0.05) is 42.5 Å². The van der Waals surface area contributed by atoms with Gasteiger partial charge < -0.3 is 4.90 Å². The molecular weight excluding hydrogens is 430 g/mol. The number of thiazole rings is 1. The van der Waals surface area contributed by atoms with Gasteiger partial charge in [-0.3, -0.25) is 9.52 Å². The number of carbonyl (C=O) groups excluding carboxylic acids is 1. The molecule has 0 saturated carbocycles. The third-order valence-electron chi connectivity index (χ3n) is 4.77. The molecule has 0 aliphatic carbocycles. The first kappa shape index (κ1) is 23.0. The Morgan fingerprint density at radius 1 is 0.968 bits per heavy atom. The molecule has 1 aromatic heterocycles. The summed E-state index contributed by atoms with van der Waals surface area (Å²) in [5.41, 5.74) is 1.96. The Morgan fingerprint density at radius 3 is 2.13 bits per heavy atom. The first-order chi connectivity index (χ1) is 14.7. The van der Waals surface area contributed by atoms with E-state index in [1.165, 1.54) is 11.3 Å². The van der Waals surface area contributed by atoms with Crippen LogP contribution in [0.2, 0.25) is 0 Å². The predicted molar refractivity (Wildman–Crippen MR) is 126 cm³/mol. The van der Waals surface area contributed by atoms with Crippen molar-refractivity contribution in [3.8, 4) is 11.1 Å². The van der Waals surface area contributed by atoms with Crippen molar-refractivity contribution in [1.82, 2.24) is 9.88 Å². The minimum atomic E-state index is -3.77. The molecule has 3 rings (SSSR count). The van der Waals surface area contributed by atoms with E-state index in [0.29, 0.717) is 4.88 Å². The number of benzene rings is 2. The smallest absolute Gasteiger partial charge is 0.263 e. The zero-order valence-electron chi connectivity index (χ0n) is 18.1. The summed E-state index contributed by atoms with van der Waals surface area (Å²) in [6.07, 6.45) is 1.75. The maximum absolute atomic E-state index is 12.7. The topological polar surface area (TPSA) is 79.4 Å². The van der Waals surface area contributed by atoms with Crippen molar-refractivity contribution in [2.24, 2.45) is 0 Å². The van der Waals surface area contributed by atoms with Crippen LogP contribution in [0.4, 0.5) is 5.13 Å². The predicted octanol–water partition coefficient (Wildman–Crippen LogP) is 4.80. The highest BCUT2D eigenvalue weighted by atomic mass is 32.2. The Balaban J connectivity index is 1.70. The Bertz CT molecular complexity index is 1110. The molecule has 1 amide bonds. The second-order valence-corrected chi connectivity index (χ2v) is 10.6. The van der Waals surface area contributed by atoms with Crippen LogP contribution in [-0.4, -0.2) is 36.3 Å². The molecule has 0 spiro atoms. The molecule has 0 unspecified atom stereocenters. The number of rotatable bonds is 8. The summed E-state index contributed by atoms with van der Waals surface area (Å²) in [6.45, 7) is 7.92. The summed E-state index contributed by atoms with van der Waals surface area (Å²) in [6, 6.07) is 16.7. The fourth-order valence-electron chi connectivity index (χ4n) is 3.48. The van der Waals surface area contributed by atoms with Crippen molar-refractivity contribution in [3.63, 3.8) is 0 Å². The molecule has 3 aromatic rings. The standard InChI is InChI=1S/C23H27N3O3S2/c1-16(2)26(17(3)4)22(27)14-20-15-24-23(30-20)25-31(28,29)21-12-10-19(11-13-21)18-8-6-5-7-9-18/h5-13,15-17H,14H2,1-4H3,(H,24,25). The molecule has 0 aliphatic heterocycles. The van der Waals surface area contributed by atoms with Crippen molar-refractivity contribution in [2.75, 3.05) is 4.72 Å². The number of nitrogens with one attached hydrogen (secondary N) is 1. The van der Waals surface area contributed by atoms with Crippen LogP contribution in [0.25, 0.3) is 11.1 Å². The van der Waals surface area contributed by atoms with Crippen LogP contribution >= 0.6 is 11.3 Å². The maximum atomic E-state index is 12.7. The zero-order chi connectivity index (χ0) is 22.6. The first-order valence-corrected chi connectivity index (χ1v) is 12.4. The van der Waals surface area contributed by atoms with E-state index < -0.39 is 10.0 Å². The van der Waals surface area contributed by atoms with Gasteiger partial charge in [-0.05, 0) is 51.0 Å². The van der Waals surface area contributed by atoms with Crippen molar-refractivity contribution in [3.05, 3.63) is 65.7 Å². The highest BCUT2D eigenvalue weighted by Crippen LogP contribution is 2.25. The maximum Gasteiger partial charge on any atom is 0.263 e. The van der Waals surface area contributed by atoms with Gasteiger partial charge >= 0.3 is 0 Å². The van der Waals surface area contributed by atoms with Crippen LogP contribution in [0.15, 0.2) is 65.7 Å². The largest absolute Gasteiger partial charge is 0.338 e. The van der Waals surface area contributed by atoms with Crippen molar-refractivity contribution >= 4 is 32.4 Å². The van der Waals surface area contributed by atoms with Crippen LogP contribution in [0.5, 0.6) is 0 Å². The van der Waals surface area contributed by atoms with E-state index >= 15 is 0 Å². The van der Waals surface area contributed by atoms with Crippen LogP contribution < -0.4 is 4.72 Å². The summed E-state index contributed by atoms with van der Waals surface area (Å²) in [5, 5.41) is 0.246. The molecule has 0 radical (unpaired) electrons. The van der Waals surface area contributed by atoms with E-state index in [4.69, 9.17) is 0 Å². The van der Waals surface area contributed by atoms with Crippen LogP contribution in [0.1, 0.15) is 32.6 Å². The number of carbonyl (C=O) groups is 1.